The Morgan fingerprint density at radius 2 is 2.16 bits per heavy atom. The van der Waals surface area contributed by atoms with E-state index in [0.717, 1.165) is 24.1 Å². The molecular formula is C15H18ClN3. The zero-order valence-corrected chi connectivity index (χ0v) is 11.7. The first-order chi connectivity index (χ1) is 9.24. The van der Waals surface area contributed by atoms with Crippen molar-refractivity contribution in [1.29, 1.82) is 0 Å². The van der Waals surface area contributed by atoms with Gasteiger partial charge in [-0.05, 0) is 29.7 Å². The van der Waals surface area contributed by atoms with Crippen LogP contribution < -0.4 is 11.3 Å². The Bertz CT molecular complexity index is 525. The fraction of sp³-hybridized carbons (Fsp3) is 0.267. The molecule has 1 heterocycles. The first kappa shape index (κ1) is 14.0. The van der Waals surface area contributed by atoms with Crippen LogP contribution >= 0.6 is 11.6 Å². The van der Waals surface area contributed by atoms with E-state index in [1.54, 1.807) is 6.20 Å². The molecular weight excluding hydrogens is 258 g/mol. The Morgan fingerprint density at radius 3 is 2.79 bits per heavy atom. The second-order valence-electron chi connectivity index (χ2n) is 4.50. The van der Waals surface area contributed by atoms with Gasteiger partial charge in [-0.15, -0.1) is 0 Å². The maximum atomic E-state index is 5.86. The van der Waals surface area contributed by atoms with Crippen molar-refractivity contribution >= 4 is 11.6 Å². The van der Waals surface area contributed by atoms with Gasteiger partial charge in [-0.3, -0.25) is 10.8 Å². The first-order valence-electron chi connectivity index (χ1n) is 6.41. The van der Waals surface area contributed by atoms with E-state index in [1.165, 1.54) is 5.56 Å². The summed E-state index contributed by atoms with van der Waals surface area (Å²) in [4.78, 5) is 4.33. The third-order valence-electron chi connectivity index (χ3n) is 3.04. The minimum Gasteiger partial charge on any atom is -0.271 e. The number of aromatic nitrogens is 1. The number of nitrogens with one attached hydrogen (secondary N) is 1. The molecule has 1 atom stereocenters. The van der Waals surface area contributed by atoms with Crippen molar-refractivity contribution in [3.05, 3.63) is 64.4 Å². The molecule has 19 heavy (non-hydrogen) atoms. The molecule has 2 rings (SSSR count). The van der Waals surface area contributed by atoms with Gasteiger partial charge in [0.2, 0.25) is 0 Å². The normalized spacial score (nSPS) is 12.4. The molecule has 0 saturated carbocycles. The average molecular weight is 276 g/mol. The number of rotatable bonds is 5. The highest BCUT2D eigenvalue weighted by Crippen LogP contribution is 2.22. The van der Waals surface area contributed by atoms with Crippen LogP contribution in [0.5, 0.6) is 0 Å². The van der Waals surface area contributed by atoms with E-state index < -0.39 is 0 Å². The van der Waals surface area contributed by atoms with E-state index in [4.69, 9.17) is 17.4 Å². The molecule has 0 fully saturated rings. The van der Waals surface area contributed by atoms with Crippen LogP contribution in [0.15, 0.2) is 42.6 Å². The fourth-order valence-corrected chi connectivity index (χ4v) is 2.24. The Labute approximate surface area is 118 Å². The van der Waals surface area contributed by atoms with Gasteiger partial charge in [0.25, 0.3) is 0 Å². The fourth-order valence-electron chi connectivity index (χ4n) is 2.13. The van der Waals surface area contributed by atoms with Crippen LogP contribution in [0.2, 0.25) is 5.02 Å². The third-order valence-corrected chi connectivity index (χ3v) is 3.26. The third kappa shape index (κ3) is 3.53. The van der Waals surface area contributed by atoms with E-state index in [0.29, 0.717) is 5.02 Å². The Morgan fingerprint density at radius 1 is 1.32 bits per heavy atom. The van der Waals surface area contributed by atoms with Gasteiger partial charge < -0.3 is 0 Å². The number of pyridine rings is 1. The highest BCUT2D eigenvalue weighted by atomic mass is 35.5. The summed E-state index contributed by atoms with van der Waals surface area (Å²) in [6.45, 7) is 2.17. The average Bonchev–Trinajstić information content (AvgIpc) is 2.43. The molecule has 1 aromatic heterocycles. The van der Waals surface area contributed by atoms with Crippen LogP contribution in [-0.4, -0.2) is 4.98 Å². The van der Waals surface area contributed by atoms with Gasteiger partial charge in [-0.25, -0.2) is 5.43 Å². The van der Waals surface area contributed by atoms with E-state index in [2.05, 4.69) is 41.6 Å². The van der Waals surface area contributed by atoms with Gasteiger partial charge in [-0.1, -0.05) is 49.2 Å². The van der Waals surface area contributed by atoms with Crippen molar-refractivity contribution in [3.63, 3.8) is 0 Å². The summed E-state index contributed by atoms with van der Waals surface area (Å²) >= 11 is 5.86. The van der Waals surface area contributed by atoms with Gasteiger partial charge in [0.1, 0.15) is 0 Å². The molecule has 0 aliphatic heterocycles. The number of nitrogens with zero attached hydrogens (tertiary/aromatic N) is 1. The highest BCUT2D eigenvalue weighted by molar-refractivity contribution is 6.30. The van der Waals surface area contributed by atoms with Crippen LogP contribution in [0, 0.1) is 0 Å². The summed E-state index contributed by atoms with van der Waals surface area (Å²) < 4.78 is 0. The highest BCUT2D eigenvalue weighted by Gasteiger charge is 2.13. The molecule has 3 N–H and O–H groups in total. The van der Waals surface area contributed by atoms with Crippen molar-refractivity contribution in [2.75, 3.05) is 0 Å². The van der Waals surface area contributed by atoms with Gasteiger partial charge in [0.05, 0.1) is 16.8 Å². The second-order valence-corrected chi connectivity index (χ2v) is 4.93. The molecule has 3 nitrogen and oxygen atoms in total. The number of nitrogens with two attached hydrogens (primary N) is 1. The Balaban J connectivity index is 2.30. The van der Waals surface area contributed by atoms with Crippen LogP contribution in [0.1, 0.15) is 36.2 Å². The quantitative estimate of drug-likeness (QED) is 0.651. The number of hydrazine groups is 1. The van der Waals surface area contributed by atoms with Crippen molar-refractivity contribution < 1.29 is 0 Å². The van der Waals surface area contributed by atoms with E-state index in [9.17, 15) is 0 Å². The van der Waals surface area contributed by atoms with Crippen LogP contribution in [-0.2, 0) is 6.42 Å². The Hall–Kier alpha value is -1.42. The molecule has 100 valence electrons. The maximum Gasteiger partial charge on any atom is 0.0881 e. The summed E-state index contributed by atoms with van der Waals surface area (Å²) in [5, 5.41) is 0.624. The minimum atomic E-state index is -0.117. The summed E-state index contributed by atoms with van der Waals surface area (Å²) in [5.74, 6) is 5.68. The molecule has 0 aliphatic rings. The van der Waals surface area contributed by atoms with Crippen LogP contribution in [0.3, 0.4) is 0 Å². The molecule has 0 spiro atoms. The predicted molar refractivity (Wildman–Crippen MR) is 78.9 cm³/mol. The van der Waals surface area contributed by atoms with E-state index in [1.807, 2.05) is 12.1 Å². The molecule has 0 aliphatic carbocycles. The molecule has 1 aromatic carbocycles. The van der Waals surface area contributed by atoms with Gasteiger partial charge in [-0.2, -0.15) is 0 Å². The zero-order valence-electron chi connectivity index (χ0n) is 10.9. The zero-order chi connectivity index (χ0) is 13.7. The predicted octanol–water partition coefficient (Wildman–Crippen LogP) is 3.24. The maximum absolute atomic E-state index is 5.86. The molecule has 0 saturated heterocycles. The van der Waals surface area contributed by atoms with Gasteiger partial charge in [0.15, 0.2) is 0 Å². The standard InChI is InChI=1S/C15H18ClN3/c1-2-4-11-5-3-6-12(9-11)15(19-17)14-8-7-13(16)10-18-14/h3,5-10,15,19H,2,4,17H2,1H3. The summed E-state index contributed by atoms with van der Waals surface area (Å²) in [7, 11) is 0. The topological polar surface area (TPSA) is 50.9 Å². The van der Waals surface area contributed by atoms with E-state index >= 15 is 0 Å². The number of hydrogen-bond donors (Lipinski definition) is 2. The molecule has 4 heteroatoms. The number of halogens is 1. The van der Waals surface area contributed by atoms with E-state index in [-0.39, 0.29) is 6.04 Å². The number of aryl methyl sites for hydroxylation is 1. The number of benzene rings is 1. The lowest BCUT2D eigenvalue weighted by molar-refractivity contribution is 0.620. The number of hydrogen-bond acceptors (Lipinski definition) is 3. The Kier molecular flexibility index (Phi) is 4.91. The van der Waals surface area contributed by atoms with Crippen molar-refractivity contribution in [1.82, 2.24) is 10.4 Å². The lowest BCUT2D eigenvalue weighted by atomic mass is 9.99. The van der Waals surface area contributed by atoms with Crippen LogP contribution in [0.25, 0.3) is 0 Å². The molecule has 1 unspecified atom stereocenters. The largest absolute Gasteiger partial charge is 0.271 e. The van der Waals surface area contributed by atoms with Gasteiger partial charge >= 0.3 is 0 Å². The lowest BCUT2D eigenvalue weighted by Gasteiger charge is -2.16. The second kappa shape index (κ2) is 6.66. The summed E-state index contributed by atoms with van der Waals surface area (Å²) in [5.41, 5.74) is 6.11. The van der Waals surface area contributed by atoms with Crippen molar-refractivity contribution in [2.24, 2.45) is 5.84 Å². The molecule has 0 bridgehead atoms. The monoisotopic (exact) mass is 275 g/mol. The smallest absolute Gasteiger partial charge is 0.0881 e. The van der Waals surface area contributed by atoms with Crippen LogP contribution in [0.4, 0.5) is 0 Å². The van der Waals surface area contributed by atoms with Crippen molar-refractivity contribution in [3.8, 4) is 0 Å². The van der Waals surface area contributed by atoms with Crippen molar-refractivity contribution in [2.45, 2.75) is 25.8 Å². The SMILES string of the molecule is CCCc1cccc(C(NN)c2ccc(Cl)cn2)c1. The first-order valence-corrected chi connectivity index (χ1v) is 6.78. The molecule has 2 aromatic rings. The summed E-state index contributed by atoms with van der Waals surface area (Å²) in [6.07, 6.45) is 3.83. The van der Waals surface area contributed by atoms with Gasteiger partial charge in [0, 0.05) is 6.20 Å². The summed E-state index contributed by atoms with van der Waals surface area (Å²) in [6, 6.07) is 12.0. The lowest BCUT2D eigenvalue weighted by Crippen LogP contribution is -2.29. The minimum absolute atomic E-state index is 0.117. The molecule has 0 amide bonds. The molecule has 0 radical (unpaired) electrons.